The number of rotatable bonds is 1. The molecule has 1 aromatic rings. The monoisotopic (exact) mass is 215 g/mol. The van der Waals surface area contributed by atoms with Gasteiger partial charge in [-0.05, 0) is 12.1 Å². The molecule has 15 heavy (non-hydrogen) atoms. The Morgan fingerprint density at radius 3 is 2.40 bits per heavy atom. The Kier molecular flexibility index (Phi) is 2.22. The summed E-state index contributed by atoms with van der Waals surface area (Å²) in [5.74, 6) is 0. The summed E-state index contributed by atoms with van der Waals surface area (Å²) in [6.07, 6.45) is -0.591. The number of pyridine rings is 1. The number of alkyl halides is 3. The van der Waals surface area contributed by atoms with Crippen molar-refractivity contribution >= 4 is 6.21 Å². The van der Waals surface area contributed by atoms with Crippen LogP contribution in [0.1, 0.15) is 5.56 Å². The summed E-state index contributed by atoms with van der Waals surface area (Å²) in [7, 11) is 0. The quantitative estimate of drug-likeness (QED) is 0.770. The van der Waals surface area contributed by atoms with Crippen LogP contribution in [0.3, 0.4) is 0 Å². The lowest BCUT2D eigenvalue weighted by Crippen LogP contribution is -2.49. The Hall–Kier alpha value is -1.43. The minimum absolute atomic E-state index is 0.0544. The molecule has 0 bridgehead atoms. The second-order valence-corrected chi connectivity index (χ2v) is 3.14. The molecule has 2 rings (SSSR count). The maximum atomic E-state index is 12.9. The lowest BCUT2D eigenvalue weighted by molar-refractivity contribution is -0.195. The van der Waals surface area contributed by atoms with Crippen LogP contribution in [0.25, 0.3) is 0 Å². The molecule has 0 fully saturated rings. The number of aromatic nitrogens is 1. The van der Waals surface area contributed by atoms with Crippen molar-refractivity contribution in [2.75, 3.05) is 6.54 Å². The molecule has 0 radical (unpaired) electrons. The maximum Gasteiger partial charge on any atom is 0.431 e. The fraction of sp³-hybridized carbons (Fsp3) is 0.333. The number of nitrogens with one attached hydrogen (secondary N) is 1. The Morgan fingerprint density at radius 1 is 1.27 bits per heavy atom. The van der Waals surface area contributed by atoms with Gasteiger partial charge in [0.2, 0.25) is 5.66 Å². The van der Waals surface area contributed by atoms with E-state index in [0.717, 1.165) is 0 Å². The van der Waals surface area contributed by atoms with E-state index in [0.29, 0.717) is 0 Å². The Morgan fingerprint density at radius 2 is 1.93 bits per heavy atom. The number of halogens is 3. The number of hydrogen-bond donors (Lipinski definition) is 1. The highest BCUT2D eigenvalue weighted by Crippen LogP contribution is 2.40. The van der Waals surface area contributed by atoms with Gasteiger partial charge in [-0.25, -0.2) is 0 Å². The predicted molar refractivity (Wildman–Crippen MR) is 48.5 cm³/mol. The molecule has 6 heteroatoms. The molecular formula is C9H8F3N3. The van der Waals surface area contributed by atoms with Gasteiger partial charge in [-0.3, -0.25) is 15.3 Å². The third-order valence-corrected chi connectivity index (χ3v) is 2.24. The van der Waals surface area contributed by atoms with Crippen LogP contribution in [-0.4, -0.2) is 23.9 Å². The fourth-order valence-electron chi connectivity index (χ4n) is 1.53. The zero-order valence-corrected chi connectivity index (χ0v) is 7.62. The molecule has 1 unspecified atom stereocenters. The first-order chi connectivity index (χ1) is 7.06. The van der Waals surface area contributed by atoms with Crippen molar-refractivity contribution in [3.8, 4) is 0 Å². The summed E-state index contributed by atoms with van der Waals surface area (Å²) in [6.45, 7) is 0.113. The van der Waals surface area contributed by atoms with Crippen LogP contribution < -0.4 is 5.32 Å². The van der Waals surface area contributed by atoms with E-state index in [9.17, 15) is 13.2 Å². The van der Waals surface area contributed by atoms with Gasteiger partial charge in [0.1, 0.15) is 0 Å². The summed E-state index contributed by atoms with van der Waals surface area (Å²) in [6, 6.07) is 2.62. The maximum absolute atomic E-state index is 12.9. The van der Waals surface area contributed by atoms with Crippen LogP contribution >= 0.6 is 0 Å². The molecule has 80 valence electrons. The van der Waals surface area contributed by atoms with Crippen molar-refractivity contribution in [2.45, 2.75) is 11.8 Å². The average Bonchev–Trinajstić information content (AvgIpc) is 2.68. The van der Waals surface area contributed by atoms with Crippen LogP contribution in [0, 0.1) is 0 Å². The second kappa shape index (κ2) is 3.30. The average molecular weight is 215 g/mol. The Bertz CT molecular complexity index is 374. The molecule has 0 saturated carbocycles. The zero-order valence-electron chi connectivity index (χ0n) is 7.62. The minimum atomic E-state index is -4.46. The van der Waals surface area contributed by atoms with E-state index in [2.05, 4.69) is 15.3 Å². The van der Waals surface area contributed by atoms with E-state index in [1.54, 1.807) is 0 Å². The van der Waals surface area contributed by atoms with Gasteiger partial charge in [0.25, 0.3) is 0 Å². The largest absolute Gasteiger partial charge is 0.431 e. The molecule has 1 aliphatic heterocycles. The second-order valence-electron chi connectivity index (χ2n) is 3.14. The highest BCUT2D eigenvalue weighted by Gasteiger charge is 2.57. The van der Waals surface area contributed by atoms with Crippen LogP contribution in [0.15, 0.2) is 29.5 Å². The molecule has 0 amide bonds. The molecule has 2 heterocycles. The predicted octanol–water partition coefficient (Wildman–Crippen LogP) is 1.47. The van der Waals surface area contributed by atoms with E-state index in [1.165, 1.54) is 30.7 Å². The SMILES string of the molecule is FC(F)(F)C1(c2ccncc2)N=CCN1. The van der Waals surface area contributed by atoms with Crippen LogP contribution in [0.2, 0.25) is 0 Å². The lowest BCUT2D eigenvalue weighted by atomic mass is 10.0. The summed E-state index contributed by atoms with van der Waals surface area (Å²) < 4.78 is 38.7. The van der Waals surface area contributed by atoms with Gasteiger partial charge in [0, 0.05) is 30.7 Å². The molecular weight excluding hydrogens is 207 g/mol. The van der Waals surface area contributed by atoms with E-state index < -0.39 is 11.8 Å². The Labute approximate surface area is 84.0 Å². The van der Waals surface area contributed by atoms with Gasteiger partial charge in [-0.2, -0.15) is 13.2 Å². The summed E-state index contributed by atoms with van der Waals surface area (Å²) in [4.78, 5) is 7.20. The summed E-state index contributed by atoms with van der Waals surface area (Å²) in [5.41, 5.74) is -2.24. The van der Waals surface area contributed by atoms with E-state index in [1.807, 2.05) is 0 Å². The minimum Gasteiger partial charge on any atom is -0.277 e. The molecule has 1 aromatic heterocycles. The first-order valence-corrected chi connectivity index (χ1v) is 4.32. The first kappa shape index (κ1) is 10.1. The summed E-state index contributed by atoms with van der Waals surface area (Å²) in [5, 5.41) is 2.35. The molecule has 0 aromatic carbocycles. The standard InChI is InChI=1S/C9H8F3N3/c10-9(11,12)8(14-5-6-15-8)7-1-3-13-4-2-7/h1-5,15H,6H2. The zero-order chi connectivity index (χ0) is 10.9. The summed E-state index contributed by atoms with van der Waals surface area (Å²) >= 11 is 0. The number of nitrogens with zero attached hydrogens (tertiary/aromatic N) is 2. The molecule has 1 atom stereocenters. The van der Waals surface area contributed by atoms with Crippen molar-refractivity contribution in [3.05, 3.63) is 30.1 Å². The van der Waals surface area contributed by atoms with E-state index in [4.69, 9.17) is 0 Å². The number of aliphatic imine (C=N–C) groups is 1. The molecule has 0 spiro atoms. The highest BCUT2D eigenvalue weighted by molar-refractivity contribution is 5.64. The van der Waals surface area contributed by atoms with Crippen molar-refractivity contribution in [3.63, 3.8) is 0 Å². The topological polar surface area (TPSA) is 37.3 Å². The lowest BCUT2D eigenvalue weighted by Gasteiger charge is -2.29. The van der Waals surface area contributed by atoms with Gasteiger partial charge in [0.05, 0.1) is 0 Å². The molecule has 1 aliphatic rings. The van der Waals surface area contributed by atoms with Gasteiger partial charge >= 0.3 is 6.18 Å². The van der Waals surface area contributed by atoms with Crippen molar-refractivity contribution in [1.82, 2.24) is 10.3 Å². The van der Waals surface area contributed by atoms with E-state index in [-0.39, 0.29) is 12.1 Å². The van der Waals surface area contributed by atoms with Crippen LogP contribution in [0.4, 0.5) is 13.2 Å². The molecule has 3 nitrogen and oxygen atoms in total. The van der Waals surface area contributed by atoms with Crippen molar-refractivity contribution in [2.24, 2.45) is 4.99 Å². The van der Waals surface area contributed by atoms with Gasteiger partial charge in [-0.1, -0.05) is 0 Å². The van der Waals surface area contributed by atoms with Crippen molar-refractivity contribution < 1.29 is 13.2 Å². The third-order valence-electron chi connectivity index (χ3n) is 2.24. The first-order valence-electron chi connectivity index (χ1n) is 4.32. The Balaban J connectivity index is 2.50. The van der Waals surface area contributed by atoms with E-state index >= 15 is 0 Å². The van der Waals surface area contributed by atoms with Crippen LogP contribution in [-0.2, 0) is 5.66 Å². The molecule has 0 saturated heterocycles. The van der Waals surface area contributed by atoms with Crippen LogP contribution in [0.5, 0.6) is 0 Å². The van der Waals surface area contributed by atoms with Gasteiger partial charge in [0.15, 0.2) is 0 Å². The molecule has 0 aliphatic carbocycles. The van der Waals surface area contributed by atoms with Gasteiger partial charge < -0.3 is 0 Å². The van der Waals surface area contributed by atoms with Gasteiger partial charge in [-0.15, -0.1) is 0 Å². The smallest absolute Gasteiger partial charge is 0.277 e. The molecule has 1 N–H and O–H groups in total. The fourth-order valence-corrected chi connectivity index (χ4v) is 1.53. The highest BCUT2D eigenvalue weighted by atomic mass is 19.4. The number of hydrogen-bond acceptors (Lipinski definition) is 3. The third kappa shape index (κ3) is 1.50. The normalized spacial score (nSPS) is 25.8. The van der Waals surface area contributed by atoms with Crippen molar-refractivity contribution in [1.29, 1.82) is 0 Å².